The minimum Gasteiger partial charge on any atom is -0.481 e. The van der Waals surface area contributed by atoms with Crippen molar-refractivity contribution in [3.63, 3.8) is 0 Å². The highest BCUT2D eigenvalue weighted by atomic mass is 35.5. The largest absolute Gasteiger partial charge is 0.481 e. The van der Waals surface area contributed by atoms with E-state index in [4.69, 9.17) is 16.7 Å². The summed E-state index contributed by atoms with van der Waals surface area (Å²) in [5.74, 6) is -2.25. The Hall–Kier alpha value is -1.62. The zero-order valence-electron chi connectivity index (χ0n) is 9.40. The molecule has 6 heteroatoms. The molecule has 0 bridgehead atoms. The van der Waals surface area contributed by atoms with E-state index < -0.39 is 17.7 Å². The first-order valence-corrected chi connectivity index (χ1v) is 5.80. The van der Waals surface area contributed by atoms with E-state index >= 15 is 0 Å². The maximum Gasteiger partial charge on any atom is 0.310 e. The number of rotatable bonds is 3. The van der Waals surface area contributed by atoms with Crippen LogP contribution in [0.5, 0.6) is 0 Å². The van der Waals surface area contributed by atoms with E-state index in [-0.39, 0.29) is 36.0 Å². The summed E-state index contributed by atoms with van der Waals surface area (Å²) in [6.07, 6.45) is -0.141. The van der Waals surface area contributed by atoms with Crippen molar-refractivity contribution < 1.29 is 19.1 Å². The molecule has 0 saturated carbocycles. The average Bonchev–Trinajstić information content (AvgIpc) is 2.21. The van der Waals surface area contributed by atoms with Gasteiger partial charge in [0.1, 0.15) is 5.82 Å². The molecule has 0 radical (unpaired) electrons. The molecule has 1 aliphatic rings. The van der Waals surface area contributed by atoms with Crippen LogP contribution in [-0.2, 0) is 16.0 Å². The van der Waals surface area contributed by atoms with Gasteiger partial charge in [0.25, 0.3) is 0 Å². The highest BCUT2D eigenvalue weighted by molar-refractivity contribution is 6.31. The molecule has 0 atom stereocenters. The number of nitrogens with zero attached hydrogens (tertiary/aromatic N) is 1. The minimum atomic E-state index is -0.914. The van der Waals surface area contributed by atoms with Crippen LogP contribution in [0, 0.1) is 11.7 Å². The van der Waals surface area contributed by atoms with Crippen molar-refractivity contribution in [2.24, 2.45) is 5.92 Å². The van der Waals surface area contributed by atoms with Gasteiger partial charge in [0.2, 0.25) is 5.91 Å². The lowest BCUT2D eigenvalue weighted by Crippen LogP contribution is -2.53. The van der Waals surface area contributed by atoms with E-state index in [0.29, 0.717) is 0 Å². The van der Waals surface area contributed by atoms with Crippen molar-refractivity contribution in [1.29, 1.82) is 0 Å². The predicted molar refractivity (Wildman–Crippen MR) is 62.8 cm³/mol. The van der Waals surface area contributed by atoms with Crippen LogP contribution in [0.25, 0.3) is 0 Å². The number of amides is 1. The van der Waals surface area contributed by atoms with Gasteiger partial charge in [-0.3, -0.25) is 9.59 Å². The summed E-state index contributed by atoms with van der Waals surface area (Å²) in [5.41, 5.74) is 0.156. The summed E-state index contributed by atoms with van der Waals surface area (Å²) in [6.45, 7) is 0.362. The monoisotopic (exact) mass is 271 g/mol. The Morgan fingerprint density at radius 2 is 2.11 bits per heavy atom. The molecule has 1 aromatic rings. The molecule has 1 amide bonds. The standard InChI is InChI=1S/C12H11ClFNO3/c13-9-2-1-3-10(14)8(9)4-11(16)15-5-7(6-15)12(17)18/h1-3,7H,4-6H2,(H,17,18). The fraction of sp³-hybridized carbons (Fsp3) is 0.333. The third-order valence-electron chi connectivity index (χ3n) is 2.97. The number of halogens is 2. The number of hydrogen-bond acceptors (Lipinski definition) is 2. The molecule has 18 heavy (non-hydrogen) atoms. The summed E-state index contributed by atoms with van der Waals surface area (Å²) in [6, 6.07) is 4.23. The van der Waals surface area contributed by atoms with Crippen molar-refractivity contribution >= 4 is 23.5 Å². The van der Waals surface area contributed by atoms with Crippen molar-refractivity contribution in [2.75, 3.05) is 13.1 Å². The number of likely N-dealkylation sites (tertiary alicyclic amines) is 1. The first kappa shape index (κ1) is 12.8. The minimum absolute atomic E-state index is 0.141. The van der Waals surface area contributed by atoms with Crippen LogP contribution in [0.15, 0.2) is 18.2 Å². The highest BCUT2D eigenvalue weighted by Crippen LogP contribution is 2.22. The number of carbonyl (C=O) groups is 2. The molecule has 1 N–H and O–H groups in total. The fourth-order valence-corrected chi connectivity index (χ4v) is 2.03. The first-order valence-electron chi connectivity index (χ1n) is 5.42. The van der Waals surface area contributed by atoms with Gasteiger partial charge in [0.05, 0.1) is 12.3 Å². The van der Waals surface area contributed by atoms with Gasteiger partial charge in [-0.15, -0.1) is 0 Å². The van der Waals surface area contributed by atoms with Crippen LogP contribution in [0.4, 0.5) is 4.39 Å². The maximum absolute atomic E-state index is 13.5. The van der Waals surface area contributed by atoms with E-state index in [9.17, 15) is 14.0 Å². The molecule has 4 nitrogen and oxygen atoms in total. The lowest BCUT2D eigenvalue weighted by molar-refractivity contribution is -0.152. The maximum atomic E-state index is 13.5. The van der Waals surface area contributed by atoms with Crippen LogP contribution in [0.3, 0.4) is 0 Å². The Labute approximate surface area is 108 Å². The van der Waals surface area contributed by atoms with Gasteiger partial charge in [0, 0.05) is 23.7 Å². The molecule has 0 aromatic heterocycles. The van der Waals surface area contributed by atoms with E-state index in [2.05, 4.69) is 0 Å². The molecule has 1 aromatic carbocycles. The first-order chi connectivity index (χ1) is 8.49. The zero-order chi connectivity index (χ0) is 13.3. The number of carboxylic acids is 1. The van der Waals surface area contributed by atoms with Gasteiger partial charge >= 0.3 is 5.97 Å². The molecular weight excluding hydrogens is 261 g/mol. The molecule has 96 valence electrons. The number of aliphatic carboxylic acids is 1. The number of hydrogen-bond donors (Lipinski definition) is 1. The molecule has 1 heterocycles. The van der Waals surface area contributed by atoms with Crippen molar-refractivity contribution in [3.05, 3.63) is 34.6 Å². The van der Waals surface area contributed by atoms with Crippen LogP contribution in [0.1, 0.15) is 5.56 Å². The number of benzene rings is 1. The Kier molecular flexibility index (Phi) is 3.52. The second kappa shape index (κ2) is 4.94. The van der Waals surface area contributed by atoms with Crippen LogP contribution < -0.4 is 0 Å². The van der Waals surface area contributed by atoms with Gasteiger partial charge in [-0.1, -0.05) is 17.7 Å². The van der Waals surface area contributed by atoms with Gasteiger partial charge < -0.3 is 10.0 Å². The summed E-state index contributed by atoms with van der Waals surface area (Å²) in [5, 5.41) is 8.90. The third kappa shape index (κ3) is 2.46. The van der Waals surface area contributed by atoms with E-state index in [1.165, 1.54) is 23.1 Å². The Bertz CT molecular complexity index is 480. The van der Waals surface area contributed by atoms with Gasteiger partial charge in [-0.2, -0.15) is 0 Å². The lowest BCUT2D eigenvalue weighted by Gasteiger charge is -2.36. The van der Waals surface area contributed by atoms with E-state index in [0.717, 1.165) is 0 Å². The average molecular weight is 272 g/mol. The molecule has 0 spiro atoms. The number of carboxylic acid groups (broad SMARTS) is 1. The summed E-state index contributed by atoms with van der Waals surface area (Å²) in [4.78, 5) is 23.8. The smallest absolute Gasteiger partial charge is 0.310 e. The Morgan fingerprint density at radius 1 is 1.44 bits per heavy atom. The lowest BCUT2D eigenvalue weighted by atomic mass is 9.99. The van der Waals surface area contributed by atoms with Crippen LogP contribution in [-0.4, -0.2) is 35.0 Å². The second-order valence-corrected chi connectivity index (χ2v) is 4.62. The summed E-state index contributed by atoms with van der Waals surface area (Å²) >= 11 is 5.81. The molecule has 1 aliphatic heterocycles. The van der Waals surface area contributed by atoms with Crippen molar-refractivity contribution in [2.45, 2.75) is 6.42 Å². The SMILES string of the molecule is O=C(O)C1CN(C(=O)Cc2c(F)cccc2Cl)C1. The molecule has 1 saturated heterocycles. The normalized spacial score (nSPS) is 15.3. The van der Waals surface area contributed by atoms with Crippen molar-refractivity contribution in [1.82, 2.24) is 4.90 Å². The van der Waals surface area contributed by atoms with Gasteiger partial charge in [-0.25, -0.2) is 4.39 Å². The third-order valence-corrected chi connectivity index (χ3v) is 3.33. The zero-order valence-corrected chi connectivity index (χ0v) is 10.2. The molecular formula is C12H11ClFNO3. The molecule has 1 fully saturated rings. The quantitative estimate of drug-likeness (QED) is 0.908. The number of carbonyl (C=O) groups excluding carboxylic acids is 1. The highest BCUT2D eigenvalue weighted by Gasteiger charge is 2.35. The topological polar surface area (TPSA) is 57.6 Å². The van der Waals surface area contributed by atoms with Crippen LogP contribution >= 0.6 is 11.6 Å². The van der Waals surface area contributed by atoms with Gasteiger partial charge in [-0.05, 0) is 12.1 Å². The molecule has 0 aliphatic carbocycles. The van der Waals surface area contributed by atoms with Gasteiger partial charge in [0.15, 0.2) is 0 Å². The Morgan fingerprint density at radius 3 is 2.67 bits per heavy atom. The summed E-state index contributed by atoms with van der Waals surface area (Å²) < 4.78 is 13.5. The fourth-order valence-electron chi connectivity index (χ4n) is 1.80. The van der Waals surface area contributed by atoms with E-state index in [1.54, 1.807) is 0 Å². The van der Waals surface area contributed by atoms with E-state index in [1.807, 2.05) is 0 Å². The second-order valence-electron chi connectivity index (χ2n) is 4.21. The molecule has 2 rings (SSSR count). The Balaban J connectivity index is 1.99. The van der Waals surface area contributed by atoms with Crippen LogP contribution in [0.2, 0.25) is 5.02 Å². The molecule has 0 unspecified atom stereocenters. The summed E-state index contributed by atoms with van der Waals surface area (Å²) in [7, 11) is 0. The van der Waals surface area contributed by atoms with Crippen molar-refractivity contribution in [3.8, 4) is 0 Å². The predicted octanol–water partition coefficient (Wildman–Crippen LogP) is 1.56.